The molecule has 0 saturated heterocycles. The van der Waals surface area contributed by atoms with Gasteiger partial charge in [0.05, 0.1) is 5.56 Å². The molecule has 23 heavy (non-hydrogen) atoms. The topological polar surface area (TPSA) is 37.4 Å². The minimum absolute atomic E-state index is 0.325. The molecule has 3 heteroatoms. The molecule has 122 valence electrons. The number of hydrogen-bond donors (Lipinski definition) is 0. The van der Waals surface area contributed by atoms with Crippen LogP contribution in [-0.2, 0) is 0 Å². The summed E-state index contributed by atoms with van der Waals surface area (Å²) >= 11 is 0. The Morgan fingerprint density at radius 3 is 2.30 bits per heavy atom. The molecule has 0 radical (unpaired) electrons. The monoisotopic (exact) mass is 311 g/mol. The average molecular weight is 311 g/mol. The van der Waals surface area contributed by atoms with Crippen molar-refractivity contribution in [2.24, 2.45) is 11.8 Å². The highest BCUT2D eigenvalue weighted by Gasteiger charge is 2.34. The van der Waals surface area contributed by atoms with Gasteiger partial charge >= 0.3 is 0 Å². The molecule has 0 amide bonds. The van der Waals surface area contributed by atoms with E-state index in [-0.39, 0.29) is 10.9 Å². The van der Waals surface area contributed by atoms with E-state index in [1.807, 2.05) is 38.2 Å². The fourth-order valence-electron chi connectivity index (χ4n) is 3.97. The van der Waals surface area contributed by atoms with Gasteiger partial charge in [0.1, 0.15) is 5.69 Å². The number of anilines is 1. The zero-order valence-electron chi connectivity index (χ0n) is 14.4. The van der Waals surface area contributed by atoms with Gasteiger partial charge in [-0.25, -0.2) is 0 Å². The Hall–Kier alpha value is -1.90. The van der Waals surface area contributed by atoms with Gasteiger partial charge in [-0.3, -0.25) is 9.59 Å². The zero-order chi connectivity index (χ0) is 16.7. The highest BCUT2D eigenvalue weighted by molar-refractivity contribution is 5.82. The second-order valence-electron chi connectivity index (χ2n) is 7.19. The Morgan fingerprint density at radius 1 is 1.00 bits per heavy atom. The molecule has 0 N–H and O–H groups in total. The molecular formula is C20H25NO2. The lowest BCUT2D eigenvalue weighted by atomic mass is 9.77. The highest BCUT2D eigenvalue weighted by atomic mass is 16.2. The third-order valence-electron chi connectivity index (χ3n) is 5.74. The normalized spacial score (nSPS) is 24.8. The van der Waals surface area contributed by atoms with Crippen molar-refractivity contribution in [3.63, 3.8) is 0 Å². The molecule has 3 atom stereocenters. The van der Waals surface area contributed by atoms with Crippen LogP contribution < -0.4 is 15.8 Å². The van der Waals surface area contributed by atoms with E-state index in [9.17, 15) is 9.59 Å². The third kappa shape index (κ3) is 2.62. The van der Waals surface area contributed by atoms with Gasteiger partial charge in [-0.05, 0) is 30.7 Å². The van der Waals surface area contributed by atoms with Crippen LogP contribution in [0.25, 0.3) is 11.1 Å². The minimum atomic E-state index is -0.341. The number of rotatable bonds is 3. The standard InChI is InChI=1S/C20H25NO2/c1-12-8-10-15(11-9-12)17-18(20(23)19(17)22)21(4)16-7-5-6-13(2)14(16)3/h8-11,13-14,16H,5-7H2,1-4H3. The maximum absolute atomic E-state index is 12.2. The molecular weight excluding hydrogens is 286 g/mol. The summed E-state index contributed by atoms with van der Waals surface area (Å²) in [4.78, 5) is 26.5. The van der Waals surface area contributed by atoms with Crippen molar-refractivity contribution in [2.75, 3.05) is 11.9 Å². The molecule has 2 aromatic carbocycles. The molecule has 0 aromatic heterocycles. The summed E-state index contributed by atoms with van der Waals surface area (Å²) in [5.41, 5.74) is 2.56. The Balaban J connectivity index is 1.97. The Labute approximate surface area is 137 Å². The van der Waals surface area contributed by atoms with Crippen LogP contribution >= 0.6 is 0 Å². The molecule has 1 aliphatic rings. The molecule has 0 bridgehead atoms. The zero-order valence-corrected chi connectivity index (χ0v) is 14.4. The molecule has 1 aliphatic carbocycles. The fourth-order valence-corrected chi connectivity index (χ4v) is 3.97. The van der Waals surface area contributed by atoms with Crippen LogP contribution in [0.1, 0.15) is 38.7 Å². The molecule has 0 aliphatic heterocycles. The number of aryl methyl sites for hydroxylation is 1. The van der Waals surface area contributed by atoms with Crippen molar-refractivity contribution in [3.8, 4) is 11.1 Å². The van der Waals surface area contributed by atoms with Crippen LogP contribution in [0.2, 0.25) is 0 Å². The first kappa shape index (κ1) is 16.0. The average Bonchev–Trinajstić information content (AvgIpc) is 2.55. The lowest BCUT2D eigenvalue weighted by Crippen LogP contribution is -2.48. The first-order chi connectivity index (χ1) is 10.9. The first-order valence-corrected chi connectivity index (χ1v) is 8.55. The molecule has 3 unspecified atom stereocenters. The predicted molar refractivity (Wildman–Crippen MR) is 95.9 cm³/mol. The van der Waals surface area contributed by atoms with Crippen molar-refractivity contribution in [1.29, 1.82) is 0 Å². The molecule has 3 rings (SSSR count). The van der Waals surface area contributed by atoms with Gasteiger partial charge in [0.15, 0.2) is 0 Å². The van der Waals surface area contributed by atoms with Crippen molar-refractivity contribution in [2.45, 2.75) is 46.1 Å². The lowest BCUT2D eigenvalue weighted by Gasteiger charge is -2.41. The number of hydrogen-bond acceptors (Lipinski definition) is 3. The van der Waals surface area contributed by atoms with Crippen LogP contribution in [0.3, 0.4) is 0 Å². The van der Waals surface area contributed by atoms with E-state index in [0.717, 1.165) is 17.5 Å². The van der Waals surface area contributed by atoms with Gasteiger partial charge in [-0.1, -0.05) is 56.5 Å². The Morgan fingerprint density at radius 2 is 1.65 bits per heavy atom. The van der Waals surface area contributed by atoms with Crippen molar-refractivity contribution >= 4 is 5.69 Å². The van der Waals surface area contributed by atoms with Gasteiger partial charge in [0.2, 0.25) is 10.9 Å². The fraction of sp³-hybridized carbons (Fsp3) is 0.500. The Bertz CT molecular complexity index is 768. The quantitative estimate of drug-likeness (QED) is 0.814. The van der Waals surface area contributed by atoms with Crippen LogP contribution in [0.5, 0.6) is 0 Å². The summed E-state index contributed by atoms with van der Waals surface area (Å²) in [6.07, 6.45) is 3.53. The second-order valence-corrected chi connectivity index (χ2v) is 7.19. The van der Waals surface area contributed by atoms with E-state index in [2.05, 4.69) is 18.7 Å². The van der Waals surface area contributed by atoms with Gasteiger partial charge in [0.25, 0.3) is 0 Å². The smallest absolute Gasteiger partial charge is 0.250 e. The number of nitrogens with zero attached hydrogens (tertiary/aromatic N) is 1. The van der Waals surface area contributed by atoms with Crippen LogP contribution in [0.4, 0.5) is 5.69 Å². The lowest BCUT2D eigenvalue weighted by molar-refractivity contribution is 0.234. The van der Waals surface area contributed by atoms with Crippen LogP contribution in [-0.4, -0.2) is 13.1 Å². The van der Waals surface area contributed by atoms with E-state index in [1.165, 1.54) is 12.8 Å². The predicted octanol–water partition coefficient (Wildman–Crippen LogP) is 3.52. The maximum Gasteiger partial charge on any atom is 0.250 e. The van der Waals surface area contributed by atoms with Gasteiger partial charge in [-0.15, -0.1) is 0 Å². The summed E-state index contributed by atoms with van der Waals surface area (Å²) in [6.45, 7) is 6.57. The SMILES string of the molecule is Cc1ccc(-c2c(N(C)C3CCCC(C)C3C)c(=O)c2=O)cc1. The Kier molecular flexibility index (Phi) is 4.13. The summed E-state index contributed by atoms with van der Waals surface area (Å²) in [5.74, 6) is 1.19. The van der Waals surface area contributed by atoms with E-state index >= 15 is 0 Å². The number of benzene rings is 1. The van der Waals surface area contributed by atoms with Gasteiger partial charge in [0, 0.05) is 13.1 Å². The van der Waals surface area contributed by atoms with E-state index in [4.69, 9.17) is 0 Å². The van der Waals surface area contributed by atoms with Crippen LogP contribution in [0.15, 0.2) is 33.9 Å². The summed E-state index contributed by atoms with van der Waals surface area (Å²) < 4.78 is 0. The molecule has 2 aromatic rings. The van der Waals surface area contributed by atoms with Gasteiger partial charge in [-0.2, -0.15) is 0 Å². The van der Waals surface area contributed by atoms with E-state index in [1.54, 1.807) is 0 Å². The summed E-state index contributed by atoms with van der Waals surface area (Å²) in [5, 5.41) is 0. The van der Waals surface area contributed by atoms with E-state index in [0.29, 0.717) is 29.1 Å². The molecule has 1 saturated carbocycles. The van der Waals surface area contributed by atoms with Crippen molar-refractivity contribution in [3.05, 3.63) is 50.3 Å². The molecule has 3 nitrogen and oxygen atoms in total. The van der Waals surface area contributed by atoms with Crippen molar-refractivity contribution < 1.29 is 0 Å². The first-order valence-electron chi connectivity index (χ1n) is 8.55. The summed E-state index contributed by atoms with van der Waals surface area (Å²) in [6, 6.07) is 8.19. The van der Waals surface area contributed by atoms with Gasteiger partial charge < -0.3 is 4.90 Å². The van der Waals surface area contributed by atoms with Crippen molar-refractivity contribution in [1.82, 2.24) is 0 Å². The minimum Gasteiger partial charge on any atom is -0.367 e. The molecule has 1 fully saturated rings. The largest absolute Gasteiger partial charge is 0.367 e. The van der Waals surface area contributed by atoms with E-state index < -0.39 is 0 Å². The summed E-state index contributed by atoms with van der Waals surface area (Å²) in [7, 11) is 1.98. The molecule has 0 heterocycles. The second kappa shape index (κ2) is 5.95. The van der Waals surface area contributed by atoms with Crippen LogP contribution in [0, 0.1) is 18.8 Å². The molecule has 0 spiro atoms. The highest BCUT2D eigenvalue weighted by Crippen LogP contribution is 2.36. The third-order valence-corrected chi connectivity index (χ3v) is 5.74. The maximum atomic E-state index is 12.2.